The summed E-state index contributed by atoms with van der Waals surface area (Å²) in [7, 11) is -3.77. The van der Waals surface area contributed by atoms with Gasteiger partial charge in [-0.05, 0) is 42.3 Å². The van der Waals surface area contributed by atoms with Gasteiger partial charge in [0.05, 0.1) is 22.0 Å². The van der Waals surface area contributed by atoms with Gasteiger partial charge in [0.25, 0.3) is 0 Å². The van der Waals surface area contributed by atoms with Crippen molar-refractivity contribution in [2.75, 3.05) is 10.6 Å². The minimum Gasteiger partial charge on any atom is -0.350 e. The predicted molar refractivity (Wildman–Crippen MR) is 106 cm³/mol. The Morgan fingerprint density at radius 1 is 1.15 bits per heavy atom. The van der Waals surface area contributed by atoms with E-state index in [0.717, 1.165) is 10.6 Å². The van der Waals surface area contributed by atoms with Crippen LogP contribution in [0, 0.1) is 5.82 Å². The highest BCUT2D eigenvalue weighted by molar-refractivity contribution is 7.92. The fourth-order valence-corrected chi connectivity index (χ4v) is 4.09. The average molecular weight is 433 g/mol. The molecule has 0 fully saturated rings. The summed E-state index contributed by atoms with van der Waals surface area (Å²) in [6.07, 6.45) is 1.26. The Kier molecular flexibility index (Phi) is 7.08. The summed E-state index contributed by atoms with van der Waals surface area (Å²) in [5.41, 5.74) is 0.940. The molecule has 0 radical (unpaired) electrons. The minimum absolute atomic E-state index is 0.147. The van der Waals surface area contributed by atoms with Crippen molar-refractivity contribution >= 4 is 44.8 Å². The zero-order valence-corrected chi connectivity index (χ0v) is 17.1. The summed E-state index contributed by atoms with van der Waals surface area (Å²) in [5.74, 6) is -0.849. The lowest BCUT2D eigenvalue weighted by molar-refractivity contribution is -0.122. The van der Waals surface area contributed by atoms with Crippen molar-refractivity contribution in [3.05, 3.63) is 63.9 Å². The summed E-state index contributed by atoms with van der Waals surface area (Å²) in [6, 6.07) is 9.06. The molecule has 5 nitrogen and oxygen atoms in total. The van der Waals surface area contributed by atoms with Crippen LogP contribution in [0.2, 0.25) is 10.0 Å². The molecule has 0 aliphatic heterocycles. The second-order valence-corrected chi connectivity index (χ2v) is 8.60. The minimum atomic E-state index is -3.77. The SMILES string of the molecule is CC[C@@H](C(=O)NCc1ccc(F)cc1)N(c1ccc(Cl)c(Cl)c1)S(C)(=O)=O. The molecule has 2 rings (SSSR count). The highest BCUT2D eigenvalue weighted by Crippen LogP contribution is 2.30. The van der Waals surface area contributed by atoms with Crippen LogP contribution in [-0.4, -0.2) is 26.6 Å². The first-order valence-corrected chi connectivity index (χ1v) is 10.7. The Labute approximate surface area is 168 Å². The van der Waals surface area contributed by atoms with Crippen LogP contribution < -0.4 is 9.62 Å². The van der Waals surface area contributed by atoms with Crippen LogP contribution in [0.4, 0.5) is 10.1 Å². The first kappa shape index (κ1) is 21.5. The van der Waals surface area contributed by atoms with Crippen molar-refractivity contribution in [1.29, 1.82) is 0 Å². The van der Waals surface area contributed by atoms with E-state index in [0.29, 0.717) is 5.56 Å². The number of sulfonamides is 1. The maximum absolute atomic E-state index is 13.0. The molecule has 0 aliphatic carbocycles. The number of amides is 1. The Balaban J connectivity index is 2.27. The molecule has 0 aromatic heterocycles. The number of hydrogen-bond acceptors (Lipinski definition) is 3. The maximum atomic E-state index is 13.0. The molecule has 2 aromatic carbocycles. The van der Waals surface area contributed by atoms with E-state index in [1.54, 1.807) is 19.1 Å². The van der Waals surface area contributed by atoms with Gasteiger partial charge in [0.1, 0.15) is 11.9 Å². The molecule has 27 heavy (non-hydrogen) atoms. The number of rotatable bonds is 7. The topological polar surface area (TPSA) is 66.5 Å². The van der Waals surface area contributed by atoms with Gasteiger partial charge in [-0.25, -0.2) is 12.8 Å². The molecule has 146 valence electrons. The highest BCUT2D eigenvalue weighted by atomic mass is 35.5. The van der Waals surface area contributed by atoms with E-state index in [1.165, 1.54) is 30.3 Å². The van der Waals surface area contributed by atoms with E-state index in [2.05, 4.69) is 5.32 Å². The second kappa shape index (κ2) is 8.91. The molecule has 0 saturated heterocycles. The van der Waals surface area contributed by atoms with E-state index in [1.807, 2.05) is 0 Å². The van der Waals surface area contributed by atoms with Crippen LogP contribution in [0.15, 0.2) is 42.5 Å². The molecule has 0 heterocycles. The monoisotopic (exact) mass is 432 g/mol. The number of nitrogens with zero attached hydrogens (tertiary/aromatic N) is 1. The fraction of sp³-hybridized carbons (Fsp3) is 0.278. The van der Waals surface area contributed by atoms with E-state index in [9.17, 15) is 17.6 Å². The molecule has 0 aliphatic rings. The highest BCUT2D eigenvalue weighted by Gasteiger charge is 2.31. The number of benzene rings is 2. The van der Waals surface area contributed by atoms with Crippen LogP contribution in [0.5, 0.6) is 0 Å². The number of hydrogen-bond donors (Lipinski definition) is 1. The molecule has 1 atom stereocenters. The van der Waals surface area contributed by atoms with Gasteiger partial charge < -0.3 is 5.32 Å². The van der Waals surface area contributed by atoms with Gasteiger partial charge in [-0.3, -0.25) is 9.10 Å². The molecule has 1 amide bonds. The molecule has 0 spiro atoms. The molecule has 0 saturated carbocycles. The molecule has 2 aromatic rings. The molecular formula is C18H19Cl2FN2O3S. The van der Waals surface area contributed by atoms with Gasteiger partial charge in [0, 0.05) is 6.54 Å². The maximum Gasteiger partial charge on any atom is 0.244 e. The summed E-state index contributed by atoms with van der Waals surface area (Å²) < 4.78 is 38.7. The number of anilines is 1. The Morgan fingerprint density at radius 3 is 2.30 bits per heavy atom. The number of halogens is 3. The lowest BCUT2D eigenvalue weighted by atomic mass is 10.1. The second-order valence-electron chi connectivity index (χ2n) is 5.93. The third-order valence-corrected chi connectivity index (χ3v) is 5.79. The van der Waals surface area contributed by atoms with E-state index >= 15 is 0 Å². The van der Waals surface area contributed by atoms with Crippen LogP contribution >= 0.6 is 23.2 Å². The van der Waals surface area contributed by atoms with Gasteiger partial charge in [0.2, 0.25) is 15.9 Å². The van der Waals surface area contributed by atoms with Crippen LogP contribution in [-0.2, 0) is 21.4 Å². The number of carbonyl (C=O) groups excluding carboxylic acids is 1. The Bertz CT molecular complexity index is 921. The molecule has 0 bridgehead atoms. The van der Waals surface area contributed by atoms with Gasteiger partial charge in [-0.2, -0.15) is 0 Å². The quantitative estimate of drug-likeness (QED) is 0.718. The van der Waals surface area contributed by atoms with Crippen molar-refractivity contribution in [3.63, 3.8) is 0 Å². The summed E-state index contributed by atoms with van der Waals surface area (Å²) in [6.45, 7) is 1.85. The normalized spacial score (nSPS) is 12.5. The van der Waals surface area contributed by atoms with E-state index in [-0.39, 0.29) is 34.5 Å². The lowest BCUT2D eigenvalue weighted by Gasteiger charge is -2.30. The fourth-order valence-electron chi connectivity index (χ4n) is 2.59. The standard InChI is InChI=1S/C18H19Cl2FN2O3S/c1-3-17(18(24)22-11-12-4-6-13(21)7-5-12)23(27(2,25)26)14-8-9-15(19)16(20)10-14/h4-10,17H,3,11H2,1-2H3,(H,22,24)/t17-/m0/s1. The Morgan fingerprint density at radius 2 is 1.78 bits per heavy atom. The third kappa shape index (κ3) is 5.57. The predicted octanol–water partition coefficient (Wildman–Crippen LogP) is 3.99. The van der Waals surface area contributed by atoms with Crippen molar-refractivity contribution < 1.29 is 17.6 Å². The van der Waals surface area contributed by atoms with Crippen molar-refractivity contribution in [1.82, 2.24) is 5.32 Å². The van der Waals surface area contributed by atoms with Crippen molar-refractivity contribution in [3.8, 4) is 0 Å². The molecule has 1 N–H and O–H groups in total. The van der Waals surface area contributed by atoms with Crippen LogP contribution in [0.3, 0.4) is 0 Å². The first-order valence-electron chi connectivity index (χ1n) is 8.10. The zero-order chi connectivity index (χ0) is 20.2. The number of nitrogens with one attached hydrogen (secondary N) is 1. The lowest BCUT2D eigenvalue weighted by Crippen LogP contribution is -2.49. The summed E-state index contributed by atoms with van der Waals surface area (Å²) >= 11 is 11.9. The van der Waals surface area contributed by atoms with Gasteiger partial charge in [-0.15, -0.1) is 0 Å². The van der Waals surface area contributed by atoms with Crippen molar-refractivity contribution in [2.24, 2.45) is 0 Å². The van der Waals surface area contributed by atoms with E-state index < -0.39 is 22.0 Å². The first-order chi connectivity index (χ1) is 12.6. The molecular weight excluding hydrogens is 414 g/mol. The van der Waals surface area contributed by atoms with Crippen LogP contribution in [0.1, 0.15) is 18.9 Å². The summed E-state index contributed by atoms with van der Waals surface area (Å²) in [5, 5.41) is 3.16. The zero-order valence-electron chi connectivity index (χ0n) is 14.7. The van der Waals surface area contributed by atoms with Crippen LogP contribution in [0.25, 0.3) is 0 Å². The molecule has 9 heteroatoms. The van der Waals surface area contributed by atoms with Crippen molar-refractivity contribution in [2.45, 2.75) is 25.9 Å². The molecule has 0 unspecified atom stereocenters. The summed E-state index contributed by atoms with van der Waals surface area (Å²) in [4.78, 5) is 12.7. The van der Waals surface area contributed by atoms with Gasteiger partial charge in [-0.1, -0.05) is 42.3 Å². The Hall–Kier alpha value is -1.83. The largest absolute Gasteiger partial charge is 0.350 e. The van der Waals surface area contributed by atoms with E-state index in [4.69, 9.17) is 23.2 Å². The van der Waals surface area contributed by atoms with Gasteiger partial charge in [0.15, 0.2) is 0 Å². The third-order valence-electron chi connectivity index (χ3n) is 3.87. The number of carbonyl (C=O) groups is 1. The van der Waals surface area contributed by atoms with Gasteiger partial charge >= 0.3 is 0 Å². The average Bonchev–Trinajstić information content (AvgIpc) is 2.60. The smallest absolute Gasteiger partial charge is 0.244 e.